The average molecular weight is 279 g/mol. The normalized spacial score (nSPS) is 29.4. The molecule has 2 N–H and O–H groups in total. The van der Waals surface area contributed by atoms with Crippen molar-refractivity contribution in [3.8, 4) is 0 Å². The Balaban J connectivity index is 1.51. The minimum atomic E-state index is 0.124. The number of rotatable bonds is 4. The predicted octanol–water partition coefficient (Wildman–Crippen LogP) is 1.65. The number of aryl methyl sites for hydroxylation is 1. The first-order valence-electron chi connectivity index (χ1n) is 7.21. The fourth-order valence-electron chi connectivity index (χ4n) is 3.21. The maximum absolute atomic E-state index is 12.0. The number of nitrogens with zero attached hydrogens (tertiary/aromatic N) is 1. The van der Waals surface area contributed by atoms with Gasteiger partial charge < -0.3 is 10.6 Å². The summed E-state index contributed by atoms with van der Waals surface area (Å²) < 4.78 is 0. The van der Waals surface area contributed by atoms with E-state index in [1.54, 1.807) is 11.3 Å². The number of hydrogen-bond donors (Lipinski definition) is 2. The Morgan fingerprint density at radius 2 is 2.21 bits per heavy atom. The van der Waals surface area contributed by atoms with E-state index in [1.165, 1.54) is 12.8 Å². The largest absolute Gasteiger partial charge is 0.353 e. The summed E-state index contributed by atoms with van der Waals surface area (Å²) in [6.45, 7) is 2.09. The Morgan fingerprint density at radius 3 is 2.84 bits per heavy atom. The predicted molar refractivity (Wildman–Crippen MR) is 76.3 cm³/mol. The molecule has 19 heavy (non-hydrogen) atoms. The lowest BCUT2D eigenvalue weighted by Crippen LogP contribution is -2.48. The summed E-state index contributed by atoms with van der Waals surface area (Å²) >= 11 is 1.65. The molecule has 2 aliphatic heterocycles. The molecule has 0 aromatic carbocycles. The summed E-state index contributed by atoms with van der Waals surface area (Å²) in [5, 5.41) is 9.89. The maximum Gasteiger partial charge on any atom is 0.226 e. The zero-order valence-electron chi connectivity index (χ0n) is 11.3. The van der Waals surface area contributed by atoms with Gasteiger partial charge >= 0.3 is 0 Å². The van der Waals surface area contributed by atoms with Gasteiger partial charge in [0, 0.05) is 23.5 Å². The van der Waals surface area contributed by atoms with E-state index in [-0.39, 0.29) is 5.91 Å². The number of carbonyl (C=O) groups is 1. The van der Waals surface area contributed by atoms with Crippen LogP contribution in [0.5, 0.6) is 0 Å². The van der Waals surface area contributed by atoms with Crippen LogP contribution in [0.25, 0.3) is 0 Å². The molecule has 1 amide bonds. The lowest BCUT2D eigenvalue weighted by atomic mass is 9.99. The van der Waals surface area contributed by atoms with Gasteiger partial charge in [0.1, 0.15) is 0 Å². The summed E-state index contributed by atoms with van der Waals surface area (Å²) in [6.07, 6.45) is 6.07. The van der Waals surface area contributed by atoms with Gasteiger partial charge in [0.15, 0.2) is 0 Å². The first-order chi connectivity index (χ1) is 9.22. The second-order valence-electron chi connectivity index (χ2n) is 5.64. The number of hydrogen-bond acceptors (Lipinski definition) is 4. The lowest BCUT2D eigenvalue weighted by molar-refractivity contribution is -0.121. The number of fused-ring (bicyclic) bond motifs is 2. The molecule has 5 heteroatoms. The Bertz CT molecular complexity index is 447. The second-order valence-corrected chi connectivity index (χ2v) is 6.58. The van der Waals surface area contributed by atoms with Crippen molar-refractivity contribution in [2.45, 2.75) is 63.6 Å². The first-order valence-corrected chi connectivity index (χ1v) is 8.09. The quantitative estimate of drug-likeness (QED) is 0.881. The third-order valence-corrected chi connectivity index (χ3v) is 5.12. The van der Waals surface area contributed by atoms with Crippen molar-refractivity contribution in [1.82, 2.24) is 15.6 Å². The number of carbonyl (C=O) groups excluding carboxylic acids is 1. The molecular weight excluding hydrogens is 258 g/mol. The summed E-state index contributed by atoms with van der Waals surface area (Å²) in [4.78, 5) is 16.5. The van der Waals surface area contributed by atoms with Gasteiger partial charge in [-0.2, -0.15) is 0 Å². The van der Waals surface area contributed by atoms with E-state index in [0.29, 0.717) is 24.5 Å². The van der Waals surface area contributed by atoms with Gasteiger partial charge in [-0.3, -0.25) is 4.79 Å². The third kappa shape index (κ3) is 3.15. The van der Waals surface area contributed by atoms with E-state index >= 15 is 0 Å². The van der Waals surface area contributed by atoms with Crippen molar-refractivity contribution in [2.24, 2.45) is 0 Å². The SMILES string of the molecule is CCc1nc(CC(=O)NC2CC3CCC(C2)N3)cs1. The minimum absolute atomic E-state index is 0.124. The lowest BCUT2D eigenvalue weighted by Gasteiger charge is -2.29. The topological polar surface area (TPSA) is 54.0 Å². The molecule has 3 rings (SSSR count). The Hall–Kier alpha value is -0.940. The van der Waals surface area contributed by atoms with Crippen molar-refractivity contribution in [1.29, 1.82) is 0 Å². The molecule has 0 spiro atoms. The van der Waals surface area contributed by atoms with Crippen LogP contribution in [0.3, 0.4) is 0 Å². The van der Waals surface area contributed by atoms with E-state index < -0.39 is 0 Å². The van der Waals surface area contributed by atoms with Crippen LogP contribution in [0.15, 0.2) is 5.38 Å². The molecule has 0 aliphatic carbocycles. The van der Waals surface area contributed by atoms with Gasteiger partial charge in [-0.1, -0.05) is 6.92 Å². The molecule has 2 unspecified atom stereocenters. The van der Waals surface area contributed by atoms with Gasteiger partial charge in [-0.05, 0) is 32.1 Å². The van der Waals surface area contributed by atoms with Crippen molar-refractivity contribution in [3.63, 3.8) is 0 Å². The summed E-state index contributed by atoms with van der Waals surface area (Å²) in [5.74, 6) is 0.124. The maximum atomic E-state index is 12.0. The molecular formula is C14H21N3OS. The molecule has 2 saturated heterocycles. The Morgan fingerprint density at radius 1 is 1.47 bits per heavy atom. The third-order valence-electron chi connectivity index (χ3n) is 4.08. The minimum Gasteiger partial charge on any atom is -0.353 e. The van der Waals surface area contributed by atoms with Crippen LogP contribution in [0.4, 0.5) is 0 Å². The standard InChI is InChI=1S/C14H21N3OS/c1-2-14-17-12(8-19-14)7-13(18)16-11-5-9-3-4-10(6-11)15-9/h8-11,15H,2-7H2,1H3,(H,16,18). The molecule has 2 aliphatic rings. The number of aromatic nitrogens is 1. The van der Waals surface area contributed by atoms with Gasteiger partial charge in [-0.25, -0.2) is 4.98 Å². The number of piperidine rings is 1. The zero-order valence-corrected chi connectivity index (χ0v) is 12.1. The van der Waals surface area contributed by atoms with E-state index in [4.69, 9.17) is 0 Å². The van der Waals surface area contributed by atoms with Gasteiger partial charge in [0.05, 0.1) is 17.1 Å². The number of nitrogens with one attached hydrogen (secondary N) is 2. The summed E-state index contributed by atoms with van der Waals surface area (Å²) in [6, 6.07) is 1.60. The van der Waals surface area contributed by atoms with Crippen LogP contribution in [0, 0.1) is 0 Å². The zero-order chi connectivity index (χ0) is 13.2. The first kappa shape index (κ1) is 13.1. The van der Waals surface area contributed by atoms with Gasteiger partial charge in [-0.15, -0.1) is 11.3 Å². The Kier molecular flexibility index (Phi) is 3.84. The molecule has 4 nitrogen and oxygen atoms in total. The van der Waals surface area contributed by atoms with Crippen molar-refractivity contribution >= 4 is 17.2 Å². The van der Waals surface area contributed by atoms with Crippen LogP contribution >= 0.6 is 11.3 Å². The van der Waals surface area contributed by atoms with E-state index in [9.17, 15) is 4.79 Å². The van der Waals surface area contributed by atoms with Crippen LogP contribution < -0.4 is 10.6 Å². The van der Waals surface area contributed by atoms with E-state index in [2.05, 4.69) is 22.5 Å². The fraction of sp³-hybridized carbons (Fsp3) is 0.714. The van der Waals surface area contributed by atoms with Crippen LogP contribution in [-0.4, -0.2) is 29.0 Å². The van der Waals surface area contributed by atoms with Crippen LogP contribution in [0.2, 0.25) is 0 Å². The molecule has 1 aromatic rings. The number of amides is 1. The average Bonchev–Trinajstić information content (AvgIpc) is 2.96. The number of thiazole rings is 1. The Labute approximate surface area is 118 Å². The molecule has 0 saturated carbocycles. The van der Waals surface area contributed by atoms with Crippen LogP contribution in [-0.2, 0) is 17.6 Å². The highest BCUT2D eigenvalue weighted by Crippen LogP contribution is 2.26. The van der Waals surface area contributed by atoms with Crippen molar-refractivity contribution < 1.29 is 4.79 Å². The monoisotopic (exact) mass is 279 g/mol. The molecule has 3 heterocycles. The fourth-order valence-corrected chi connectivity index (χ4v) is 3.96. The summed E-state index contributed by atoms with van der Waals surface area (Å²) in [5.41, 5.74) is 0.913. The molecule has 1 aromatic heterocycles. The highest BCUT2D eigenvalue weighted by Gasteiger charge is 2.33. The van der Waals surface area contributed by atoms with Gasteiger partial charge in [0.25, 0.3) is 0 Å². The van der Waals surface area contributed by atoms with Crippen molar-refractivity contribution in [3.05, 3.63) is 16.1 Å². The molecule has 0 radical (unpaired) electrons. The van der Waals surface area contributed by atoms with Crippen molar-refractivity contribution in [2.75, 3.05) is 0 Å². The highest BCUT2D eigenvalue weighted by molar-refractivity contribution is 7.09. The molecule has 2 bridgehead atoms. The molecule has 104 valence electrons. The molecule has 2 fully saturated rings. The second kappa shape index (κ2) is 5.59. The highest BCUT2D eigenvalue weighted by atomic mass is 32.1. The molecule has 2 atom stereocenters. The summed E-state index contributed by atoms with van der Waals surface area (Å²) in [7, 11) is 0. The smallest absolute Gasteiger partial charge is 0.226 e. The van der Waals surface area contributed by atoms with E-state index in [1.807, 2.05) is 5.38 Å². The van der Waals surface area contributed by atoms with Gasteiger partial charge in [0.2, 0.25) is 5.91 Å². The van der Waals surface area contributed by atoms with Crippen LogP contribution in [0.1, 0.15) is 43.3 Å². The van der Waals surface area contributed by atoms with E-state index in [0.717, 1.165) is 30.0 Å².